The summed E-state index contributed by atoms with van der Waals surface area (Å²) in [6.07, 6.45) is 1.75. The van der Waals surface area contributed by atoms with Crippen LogP contribution >= 0.6 is 0 Å². The van der Waals surface area contributed by atoms with Gasteiger partial charge < -0.3 is 14.5 Å². The third-order valence-electron chi connectivity index (χ3n) is 3.53. The van der Waals surface area contributed by atoms with Gasteiger partial charge in [0.1, 0.15) is 0 Å². The number of carbonyl (C=O) groups is 2. The SMILES string of the molecule is CCCCOC(=O)N1CC2(CN(C(C)=O)C2)C1. The third-order valence-corrected chi connectivity index (χ3v) is 3.53. The van der Waals surface area contributed by atoms with Gasteiger partial charge in [0.2, 0.25) is 5.91 Å². The number of hydrogen-bond donors (Lipinski definition) is 0. The number of unbranched alkanes of at least 4 members (excludes halogenated alkanes) is 1. The summed E-state index contributed by atoms with van der Waals surface area (Å²) in [6.45, 7) is 7.23. The first-order valence-corrected chi connectivity index (χ1v) is 6.23. The van der Waals surface area contributed by atoms with E-state index >= 15 is 0 Å². The molecule has 17 heavy (non-hydrogen) atoms. The predicted molar refractivity (Wildman–Crippen MR) is 62.5 cm³/mol. The van der Waals surface area contributed by atoms with Crippen LogP contribution in [-0.2, 0) is 9.53 Å². The van der Waals surface area contributed by atoms with Crippen LogP contribution in [0.4, 0.5) is 4.79 Å². The number of amides is 2. The van der Waals surface area contributed by atoms with Gasteiger partial charge in [-0.25, -0.2) is 4.79 Å². The normalized spacial score (nSPS) is 20.8. The van der Waals surface area contributed by atoms with Gasteiger partial charge in [-0.1, -0.05) is 13.3 Å². The van der Waals surface area contributed by atoms with Crippen LogP contribution in [0.25, 0.3) is 0 Å². The number of likely N-dealkylation sites (tertiary alicyclic amines) is 2. The lowest BCUT2D eigenvalue weighted by atomic mass is 9.73. The zero-order valence-corrected chi connectivity index (χ0v) is 10.6. The highest BCUT2D eigenvalue weighted by atomic mass is 16.6. The average Bonchev–Trinajstić information content (AvgIpc) is 2.13. The molecule has 0 aliphatic carbocycles. The van der Waals surface area contributed by atoms with Gasteiger partial charge in [-0.05, 0) is 6.42 Å². The molecule has 0 saturated carbocycles. The van der Waals surface area contributed by atoms with Crippen molar-refractivity contribution in [2.24, 2.45) is 5.41 Å². The summed E-state index contributed by atoms with van der Waals surface area (Å²) < 4.78 is 5.13. The maximum atomic E-state index is 11.6. The van der Waals surface area contributed by atoms with Crippen molar-refractivity contribution < 1.29 is 14.3 Å². The number of rotatable bonds is 3. The van der Waals surface area contributed by atoms with E-state index in [2.05, 4.69) is 6.92 Å². The highest BCUT2D eigenvalue weighted by Gasteiger charge is 2.54. The Bertz CT molecular complexity index is 316. The van der Waals surface area contributed by atoms with Gasteiger partial charge >= 0.3 is 6.09 Å². The van der Waals surface area contributed by atoms with Crippen molar-refractivity contribution in [2.75, 3.05) is 32.8 Å². The van der Waals surface area contributed by atoms with Crippen LogP contribution in [0.15, 0.2) is 0 Å². The van der Waals surface area contributed by atoms with E-state index in [1.807, 2.05) is 4.90 Å². The van der Waals surface area contributed by atoms with Crippen LogP contribution in [0.5, 0.6) is 0 Å². The molecule has 2 aliphatic heterocycles. The van der Waals surface area contributed by atoms with Gasteiger partial charge in [0.25, 0.3) is 0 Å². The van der Waals surface area contributed by atoms with E-state index in [0.717, 1.165) is 39.0 Å². The van der Waals surface area contributed by atoms with Gasteiger partial charge in [-0.2, -0.15) is 0 Å². The second-order valence-electron chi connectivity index (χ2n) is 5.20. The Balaban J connectivity index is 1.66. The van der Waals surface area contributed by atoms with E-state index in [4.69, 9.17) is 4.74 Å². The zero-order chi connectivity index (χ0) is 12.5. The molecule has 0 aromatic carbocycles. The van der Waals surface area contributed by atoms with Crippen LogP contribution in [0, 0.1) is 5.41 Å². The van der Waals surface area contributed by atoms with Crippen LogP contribution in [0.3, 0.4) is 0 Å². The molecule has 2 saturated heterocycles. The van der Waals surface area contributed by atoms with Gasteiger partial charge in [0.05, 0.1) is 6.61 Å². The largest absolute Gasteiger partial charge is 0.449 e. The fraction of sp³-hybridized carbons (Fsp3) is 0.833. The van der Waals surface area contributed by atoms with E-state index in [9.17, 15) is 9.59 Å². The molecule has 96 valence electrons. The van der Waals surface area contributed by atoms with E-state index in [1.54, 1.807) is 11.8 Å². The summed E-state index contributed by atoms with van der Waals surface area (Å²) in [5, 5.41) is 0. The Labute approximate surface area is 102 Å². The fourth-order valence-electron chi connectivity index (χ4n) is 2.47. The molecule has 0 unspecified atom stereocenters. The van der Waals surface area contributed by atoms with Crippen LogP contribution in [-0.4, -0.2) is 54.6 Å². The van der Waals surface area contributed by atoms with Crippen LogP contribution in [0.1, 0.15) is 26.7 Å². The first-order valence-electron chi connectivity index (χ1n) is 6.23. The smallest absolute Gasteiger partial charge is 0.409 e. The molecule has 0 N–H and O–H groups in total. The van der Waals surface area contributed by atoms with Crippen molar-refractivity contribution in [3.8, 4) is 0 Å². The Morgan fingerprint density at radius 1 is 1.18 bits per heavy atom. The molecule has 2 fully saturated rings. The average molecular weight is 240 g/mol. The topological polar surface area (TPSA) is 49.9 Å². The minimum atomic E-state index is -0.203. The van der Waals surface area contributed by atoms with Crippen molar-refractivity contribution in [3.05, 3.63) is 0 Å². The van der Waals surface area contributed by atoms with Gasteiger partial charge in [0.15, 0.2) is 0 Å². The maximum absolute atomic E-state index is 11.6. The molecule has 0 aromatic rings. The lowest BCUT2D eigenvalue weighted by Gasteiger charge is -2.59. The summed E-state index contributed by atoms with van der Waals surface area (Å²) in [7, 11) is 0. The number of hydrogen-bond acceptors (Lipinski definition) is 3. The van der Waals surface area contributed by atoms with Crippen molar-refractivity contribution in [3.63, 3.8) is 0 Å². The summed E-state index contributed by atoms with van der Waals surface area (Å²) in [6, 6.07) is 0. The summed E-state index contributed by atoms with van der Waals surface area (Å²) in [5.74, 6) is 0.125. The molecule has 0 aromatic heterocycles. The number of ether oxygens (including phenoxy) is 1. The Hall–Kier alpha value is -1.26. The minimum Gasteiger partial charge on any atom is -0.449 e. The molecule has 0 bridgehead atoms. The predicted octanol–water partition coefficient (Wildman–Crippen LogP) is 1.09. The van der Waals surface area contributed by atoms with Crippen molar-refractivity contribution in [1.82, 2.24) is 9.80 Å². The molecule has 1 spiro atoms. The Morgan fingerprint density at radius 3 is 2.29 bits per heavy atom. The van der Waals surface area contributed by atoms with Gasteiger partial charge in [0, 0.05) is 38.5 Å². The van der Waals surface area contributed by atoms with Gasteiger partial charge in [-0.3, -0.25) is 4.79 Å². The molecule has 2 heterocycles. The highest BCUT2D eigenvalue weighted by molar-refractivity contribution is 5.75. The molecule has 5 nitrogen and oxygen atoms in total. The minimum absolute atomic E-state index is 0.125. The maximum Gasteiger partial charge on any atom is 0.409 e. The van der Waals surface area contributed by atoms with E-state index < -0.39 is 0 Å². The molecule has 2 amide bonds. The molecule has 0 atom stereocenters. The van der Waals surface area contributed by atoms with Crippen LogP contribution in [0.2, 0.25) is 0 Å². The first-order chi connectivity index (χ1) is 8.06. The quantitative estimate of drug-likeness (QED) is 0.694. The summed E-state index contributed by atoms with van der Waals surface area (Å²) >= 11 is 0. The third kappa shape index (κ3) is 2.37. The van der Waals surface area contributed by atoms with Crippen molar-refractivity contribution in [2.45, 2.75) is 26.7 Å². The summed E-state index contributed by atoms with van der Waals surface area (Å²) in [4.78, 5) is 26.2. The molecule has 5 heteroatoms. The second-order valence-corrected chi connectivity index (χ2v) is 5.20. The van der Waals surface area contributed by atoms with Crippen molar-refractivity contribution >= 4 is 12.0 Å². The van der Waals surface area contributed by atoms with Gasteiger partial charge in [-0.15, -0.1) is 0 Å². The zero-order valence-electron chi connectivity index (χ0n) is 10.6. The molecule has 2 rings (SSSR count). The molecule has 0 radical (unpaired) electrons. The highest BCUT2D eigenvalue weighted by Crippen LogP contribution is 2.39. The lowest BCUT2D eigenvalue weighted by Crippen LogP contribution is -2.73. The number of carbonyl (C=O) groups excluding carboxylic acids is 2. The van der Waals surface area contributed by atoms with E-state index in [1.165, 1.54) is 0 Å². The summed E-state index contributed by atoms with van der Waals surface area (Å²) in [5.41, 5.74) is 0.176. The lowest BCUT2D eigenvalue weighted by molar-refractivity contribution is -0.153. The van der Waals surface area contributed by atoms with E-state index in [0.29, 0.717) is 6.61 Å². The second kappa shape index (κ2) is 4.55. The molecule has 2 aliphatic rings. The number of nitrogens with zero attached hydrogens (tertiary/aromatic N) is 2. The Morgan fingerprint density at radius 2 is 1.76 bits per heavy atom. The first kappa shape index (κ1) is 12.2. The molecular formula is C12H20N2O3. The molecular weight excluding hydrogens is 220 g/mol. The van der Waals surface area contributed by atoms with Crippen LogP contribution < -0.4 is 0 Å². The Kier molecular flexibility index (Phi) is 3.26. The standard InChI is InChI=1S/C12H20N2O3/c1-3-4-5-17-11(16)14-8-12(9-14)6-13(7-12)10(2)15/h3-9H2,1-2H3. The van der Waals surface area contributed by atoms with Crippen molar-refractivity contribution in [1.29, 1.82) is 0 Å². The van der Waals surface area contributed by atoms with E-state index in [-0.39, 0.29) is 17.4 Å². The fourth-order valence-corrected chi connectivity index (χ4v) is 2.47. The monoisotopic (exact) mass is 240 g/mol.